The van der Waals surface area contributed by atoms with Crippen molar-refractivity contribution in [2.75, 3.05) is 5.73 Å². The molecule has 1 heterocycles. The van der Waals surface area contributed by atoms with E-state index in [1.165, 1.54) is 0 Å². The Balaban J connectivity index is 2.49. The molecule has 2 aromatic rings. The van der Waals surface area contributed by atoms with Crippen molar-refractivity contribution in [3.8, 4) is 5.69 Å². The number of nitrogens with two attached hydrogens (primary N) is 1. The Labute approximate surface area is 85.1 Å². The van der Waals surface area contributed by atoms with E-state index in [1.54, 1.807) is 0 Å². The van der Waals surface area contributed by atoms with Crippen molar-refractivity contribution in [1.82, 2.24) is 4.57 Å². The molecule has 0 saturated carbocycles. The average molecular weight is 237 g/mol. The predicted molar refractivity (Wildman–Crippen MR) is 57.9 cm³/mol. The maximum Gasteiger partial charge on any atom is 0.0479 e. The van der Waals surface area contributed by atoms with E-state index in [4.69, 9.17) is 5.73 Å². The molecule has 0 atom stereocenters. The first kappa shape index (κ1) is 8.38. The van der Waals surface area contributed by atoms with Crippen LogP contribution >= 0.6 is 15.9 Å². The summed E-state index contributed by atoms with van der Waals surface area (Å²) in [6.45, 7) is 0. The van der Waals surface area contributed by atoms with Gasteiger partial charge in [0.15, 0.2) is 0 Å². The molecule has 0 fully saturated rings. The zero-order valence-corrected chi connectivity index (χ0v) is 8.53. The van der Waals surface area contributed by atoms with E-state index in [-0.39, 0.29) is 0 Å². The zero-order valence-electron chi connectivity index (χ0n) is 6.94. The summed E-state index contributed by atoms with van der Waals surface area (Å²) in [5.41, 5.74) is 7.60. The van der Waals surface area contributed by atoms with E-state index < -0.39 is 0 Å². The van der Waals surface area contributed by atoms with Crippen molar-refractivity contribution in [2.45, 2.75) is 0 Å². The van der Waals surface area contributed by atoms with Gasteiger partial charge in [0, 0.05) is 28.2 Å². The van der Waals surface area contributed by atoms with Crippen LogP contribution in [0.25, 0.3) is 5.69 Å². The molecule has 0 saturated heterocycles. The Hall–Kier alpha value is -1.22. The third-order valence-electron chi connectivity index (χ3n) is 1.88. The van der Waals surface area contributed by atoms with Gasteiger partial charge in [0.1, 0.15) is 0 Å². The van der Waals surface area contributed by atoms with Crippen LogP contribution in [0, 0.1) is 0 Å². The summed E-state index contributed by atoms with van der Waals surface area (Å²) < 4.78 is 2.95. The molecule has 0 aliphatic heterocycles. The average Bonchev–Trinajstić information content (AvgIpc) is 2.62. The quantitative estimate of drug-likeness (QED) is 0.759. The molecule has 3 heteroatoms. The molecule has 1 aromatic heterocycles. The lowest BCUT2D eigenvalue weighted by Crippen LogP contribution is -1.92. The first-order valence-corrected chi connectivity index (χ1v) is 4.75. The van der Waals surface area contributed by atoms with Gasteiger partial charge in [-0.3, -0.25) is 0 Å². The van der Waals surface area contributed by atoms with Crippen molar-refractivity contribution in [3.63, 3.8) is 0 Å². The number of halogens is 1. The van der Waals surface area contributed by atoms with E-state index in [1.807, 2.05) is 47.3 Å². The van der Waals surface area contributed by atoms with Gasteiger partial charge in [-0.1, -0.05) is 0 Å². The van der Waals surface area contributed by atoms with Gasteiger partial charge < -0.3 is 10.3 Å². The molecule has 0 bridgehead atoms. The number of anilines is 1. The number of nitrogen functional groups attached to an aromatic ring is 1. The fraction of sp³-hybridized carbons (Fsp3) is 0. The van der Waals surface area contributed by atoms with Crippen molar-refractivity contribution < 1.29 is 0 Å². The van der Waals surface area contributed by atoms with Crippen LogP contribution in [-0.2, 0) is 0 Å². The third-order valence-corrected chi connectivity index (χ3v) is 2.60. The van der Waals surface area contributed by atoms with Crippen LogP contribution in [0.15, 0.2) is 47.2 Å². The van der Waals surface area contributed by atoms with Crippen LogP contribution in [0.2, 0.25) is 0 Å². The molecule has 2 nitrogen and oxygen atoms in total. The van der Waals surface area contributed by atoms with Gasteiger partial charge in [-0.2, -0.15) is 0 Å². The second-order valence-electron chi connectivity index (χ2n) is 2.80. The van der Waals surface area contributed by atoms with Gasteiger partial charge in [-0.05, 0) is 46.3 Å². The smallest absolute Gasteiger partial charge is 0.0479 e. The summed E-state index contributed by atoms with van der Waals surface area (Å²) in [5.74, 6) is 0. The molecule has 0 spiro atoms. The van der Waals surface area contributed by atoms with Crippen LogP contribution in [-0.4, -0.2) is 4.57 Å². The topological polar surface area (TPSA) is 30.9 Å². The summed E-state index contributed by atoms with van der Waals surface area (Å²) in [6.07, 6.45) is 3.98. The largest absolute Gasteiger partial charge is 0.398 e. The molecule has 0 amide bonds. The molecular weight excluding hydrogens is 228 g/mol. The highest BCUT2D eigenvalue weighted by Gasteiger charge is 1.98. The van der Waals surface area contributed by atoms with Gasteiger partial charge in [0.2, 0.25) is 0 Å². The Kier molecular flexibility index (Phi) is 2.10. The van der Waals surface area contributed by atoms with Crippen molar-refractivity contribution in [3.05, 3.63) is 47.2 Å². The molecular formula is C10H9BrN2. The molecule has 13 heavy (non-hydrogen) atoms. The predicted octanol–water partition coefficient (Wildman–Crippen LogP) is 2.82. The van der Waals surface area contributed by atoms with Crippen LogP contribution < -0.4 is 5.73 Å². The highest BCUT2D eigenvalue weighted by molar-refractivity contribution is 9.10. The zero-order chi connectivity index (χ0) is 9.26. The van der Waals surface area contributed by atoms with Gasteiger partial charge in [0.05, 0.1) is 0 Å². The summed E-state index contributed by atoms with van der Waals surface area (Å²) in [7, 11) is 0. The van der Waals surface area contributed by atoms with Gasteiger partial charge in [-0.25, -0.2) is 0 Å². The van der Waals surface area contributed by atoms with E-state index in [0.29, 0.717) is 0 Å². The van der Waals surface area contributed by atoms with E-state index in [0.717, 1.165) is 15.8 Å². The summed E-state index contributed by atoms with van der Waals surface area (Å²) in [4.78, 5) is 0. The Morgan fingerprint density at radius 2 is 1.85 bits per heavy atom. The second-order valence-corrected chi connectivity index (χ2v) is 3.65. The number of hydrogen-bond acceptors (Lipinski definition) is 1. The molecule has 2 rings (SSSR count). The van der Waals surface area contributed by atoms with E-state index in [9.17, 15) is 0 Å². The molecule has 0 aliphatic carbocycles. The van der Waals surface area contributed by atoms with E-state index in [2.05, 4.69) is 15.9 Å². The molecule has 0 aliphatic rings. The molecule has 2 N–H and O–H groups in total. The SMILES string of the molecule is Nc1cc(-n2cccc2)ccc1Br. The van der Waals surface area contributed by atoms with Crippen LogP contribution in [0.4, 0.5) is 5.69 Å². The highest BCUT2D eigenvalue weighted by Crippen LogP contribution is 2.22. The van der Waals surface area contributed by atoms with Crippen LogP contribution in [0.3, 0.4) is 0 Å². The summed E-state index contributed by atoms with van der Waals surface area (Å²) >= 11 is 3.36. The molecule has 1 aromatic carbocycles. The lowest BCUT2D eigenvalue weighted by molar-refractivity contribution is 1.08. The minimum absolute atomic E-state index is 0.756. The molecule has 0 unspecified atom stereocenters. The fourth-order valence-corrected chi connectivity index (χ4v) is 1.45. The fourth-order valence-electron chi connectivity index (χ4n) is 1.20. The molecule has 0 radical (unpaired) electrons. The van der Waals surface area contributed by atoms with Crippen molar-refractivity contribution >= 4 is 21.6 Å². The maximum absolute atomic E-state index is 5.77. The standard InChI is InChI=1S/C10H9BrN2/c11-9-4-3-8(7-10(9)12)13-5-1-2-6-13/h1-7H,12H2. The number of benzene rings is 1. The van der Waals surface area contributed by atoms with Crippen molar-refractivity contribution in [2.24, 2.45) is 0 Å². The normalized spacial score (nSPS) is 10.2. The van der Waals surface area contributed by atoms with Gasteiger partial charge in [0.25, 0.3) is 0 Å². The minimum atomic E-state index is 0.756. The Morgan fingerprint density at radius 1 is 1.15 bits per heavy atom. The Morgan fingerprint density at radius 3 is 2.46 bits per heavy atom. The lowest BCUT2D eigenvalue weighted by atomic mass is 10.3. The highest BCUT2D eigenvalue weighted by atomic mass is 79.9. The summed E-state index contributed by atoms with van der Waals surface area (Å²) in [6, 6.07) is 9.87. The minimum Gasteiger partial charge on any atom is -0.398 e. The lowest BCUT2D eigenvalue weighted by Gasteiger charge is -2.04. The monoisotopic (exact) mass is 236 g/mol. The van der Waals surface area contributed by atoms with Gasteiger partial charge in [-0.15, -0.1) is 0 Å². The van der Waals surface area contributed by atoms with Gasteiger partial charge >= 0.3 is 0 Å². The van der Waals surface area contributed by atoms with E-state index >= 15 is 0 Å². The number of rotatable bonds is 1. The van der Waals surface area contributed by atoms with Crippen LogP contribution in [0.1, 0.15) is 0 Å². The first-order valence-electron chi connectivity index (χ1n) is 3.96. The number of aromatic nitrogens is 1. The second kappa shape index (κ2) is 3.26. The third kappa shape index (κ3) is 1.60. The summed E-state index contributed by atoms with van der Waals surface area (Å²) in [5, 5.41) is 0. The van der Waals surface area contributed by atoms with Crippen molar-refractivity contribution in [1.29, 1.82) is 0 Å². The molecule has 66 valence electrons. The maximum atomic E-state index is 5.77. The first-order chi connectivity index (χ1) is 6.27. The number of hydrogen-bond donors (Lipinski definition) is 1. The number of nitrogens with zero attached hydrogens (tertiary/aromatic N) is 1. The Bertz CT molecular complexity index is 407. The van der Waals surface area contributed by atoms with Crippen LogP contribution in [0.5, 0.6) is 0 Å².